The molecule has 2 aromatic carbocycles. The summed E-state index contributed by atoms with van der Waals surface area (Å²) in [5.74, 6) is 1.86. The summed E-state index contributed by atoms with van der Waals surface area (Å²) in [7, 11) is 0. The highest BCUT2D eigenvalue weighted by Crippen LogP contribution is 2.17. The second-order valence-electron chi connectivity index (χ2n) is 5.43. The first-order valence-corrected chi connectivity index (χ1v) is 7.63. The molecular formula is C19H19N3O. The van der Waals surface area contributed by atoms with Crippen molar-refractivity contribution in [2.75, 3.05) is 11.9 Å². The molecule has 116 valence electrons. The summed E-state index contributed by atoms with van der Waals surface area (Å²) in [6.07, 6.45) is 0.865. The molecule has 4 nitrogen and oxygen atoms in total. The number of hydrogen-bond acceptors (Lipinski definition) is 4. The van der Waals surface area contributed by atoms with Crippen LogP contribution in [0.3, 0.4) is 0 Å². The molecule has 0 radical (unpaired) electrons. The SMILES string of the molecule is Cc1cc(NCCc2ccc(O)cc2)nc(-c2ccccc2)n1. The van der Waals surface area contributed by atoms with Gasteiger partial charge in [0.25, 0.3) is 0 Å². The lowest BCUT2D eigenvalue weighted by molar-refractivity contribution is 0.475. The van der Waals surface area contributed by atoms with Crippen molar-refractivity contribution in [1.82, 2.24) is 9.97 Å². The van der Waals surface area contributed by atoms with Gasteiger partial charge in [-0.25, -0.2) is 9.97 Å². The minimum Gasteiger partial charge on any atom is -0.508 e. The molecule has 0 bridgehead atoms. The first-order valence-electron chi connectivity index (χ1n) is 7.63. The van der Waals surface area contributed by atoms with Crippen molar-refractivity contribution >= 4 is 5.82 Å². The Morgan fingerprint density at radius 1 is 0.957 bits per heavy atom. The van der Waals surface area contributed by atoms with Crippen molar-refractivity contribution in [1.29, 1.82) is 0 Å². The van der Waals surface area contributed by atoms with Gasteiger partial charge in [-0.15, -0.1) is 0 Å². The average Bonchev–Trinajstić information content (AvgIpc) is 2.57. The minimum absolute atomic E-state index is 0.292. The Morgan fingerprint density at radius 2 is 1.70 bits per heavy atom. The lowest BCUT2D eigenvalue weighted by atomic mass is 10.1. The number of nitrogens with zero attached hydrogens (tertiary/aromatic N) is 2. The number of hydrogen-bond donors (Lipinski definition) is 2. The topological polar surface area (TPSA) is 58.0 Å². The van der Waals surface area contributed by atoms with E-state index < -0.39 is 0 Å². The summed E-state index contributed by atoms with van der Waals surface area (Å²) < 4.78 is 0. The van der Waals surface area contributed by atoms with E-state index in [0.29, 0.717) is 5.75 Å². The molecule has 23 heavy (non-hydrogen) atoms. The fraction of sp³-hybridized carbons (Fsp3) is 0.158. The Morgan fingerprint density at radius 3 is 2.43 bits per heavy atom. The summed E-state index contributed by atoms with van der Waals surface area (Å²) in [6, 6.07) is 19.2. The molecule has 0 amide bonds. The Balaban J connectivity index is 1.68. The first-order chi connectivity index (χ1) is 11.2. The highest BCUT2D eigenvalue weighted by Gasteiger charge is 2.04. The van der Waals surface area contributed by atoms with Crippen molar-refractivity contribution in [2.45, 2.75) is 13.3 Å². The maximum Gasteiger partial charge on any atom is 0.161 e. The molecule has 0 aliphatic heterocycles. The Kier molecular flexibility index (Phi) is 4.52. The van der Waals surface area contributed by atoms with E-state index in [2.05, 4.69) is 15.3 Å². The smallest absolute Gasteiger partial charge is 0.161 e. The van der Waals surface area contributed by atoms with E-state index in [1.54, 1.807) is 12.1 Å². The Labute approximate surface area is 135 Å². The van der Waals surface area contributed by atoms with Crippen molar-refractivity contribution in [3.05, 3.63) is 71.9 Å². The van der Waals surface area contributed by atoms with E-state index in [9.17, 15) is 5.11 Å². The minimum atomic E-state index is 0.292. The predicted molar refractivity (Wildman–Crippen MR) is 92.5 cm³/mol. The maximum absolute atomic E-state index is 9.30. The molecule has 3 rings (SSSR count). The van der Waals surface area contributed by atoms with Gasteiger partial charge < -0.3 is 10.4 Å². The van der Waals surface area contributed by atoms with Gasteiger partial charge in [-0.1, -0.05) is 42.5 Å². The van der Waals surface area contributed by atoms with Gasteiger partial charge in [-0.2, -0.15) is 0 Å². The number of benzene rings is 2. The molecule has 0 saturated heterocycles. The van der Waals surface area contributed by atoms with Gasteiger partial charge in [0.15, 0.2) is 5.82 Å². The molecule has 1 aromatic heterocycles. The van der Waals surface area contributed by atoms with E-state index in [4.69, 9.17) is 0 Å². The lowest BCUT2D eigenvalue weighted by Crippen LogP contribution is -2.07. The molecule has 0 saturated carbocycles. The van der Waals surface area contributed by atoms with E-state index in [1.807, 2.05) is 55.5 Å². The van der Waals surface area contributed by atoms with Crippen molar-refractivity contribution < 1.29 is 5.11 Å². The van der Waals surface area contributed by atoms with Crippen LogP contribution in [-0.4, -0.2) is 21.6 Å². The van der Waals surface area contributed by atoms with Crippen LogP contribution in [-0.2, 0) is 6.42 Å². The average molecular weight is 305 g/mol. The van der Waals surface area contributed by atoms with Gasteiger partial charge in [-0.3, -0.25) is 0 Å². The zero-order valence-electron chi connectivity index (χ0n) is 13.0. The number of phenolic OH excluding ortho intramolecular Hbond substituents is 1. The molecule has 4 heteroatoms. The summed E-state index contributed by atoms with van der Waals surface area (Å²) >= 11 is 0. The van der Waals surface area contributed by atoms with Crippen LogP contribution >= 0.6 is 0 Å². The predicted octanol–water partition coefficient (Wildman–Crippen LogP) is 3.81. The number of nitrogens with one attached hydrogen (secondary N) is 1. The van der Waals surface area contributed by atoms with Crippen LogP contribution in [0.2, 0.25) is 0 Å². The van der Waals surface area contributed by atoms with Gasteiger partial charge >= 0.3 is 0 Å². The highest BCUT2D eigenvalue weighted by atomic mass is 16.3. The molecule has 0 atom stereocenters. The van der Waals surface area contributed by atoms with Crippen LogP contribution in [0.5, 0.6) is 5.75 Å². The summed E-state index contributed by atoms with van der Waals surface area (Å²) in [5.41, 5.74) is 3.12. The van der Waals surface area contributed by atoms with Crippen LogP contribution in [0.15, 0.2) is 60.7 Å². The summed E-state index contributed by atoms with van der Waals surface area (Å²) in [4.78, 5) is 9.09. The largest absolute Gasteiger partial charge is 0.508 e. The standard InChI is InChI=1S/C19H19N3O/c1-14-13-18(20-12-11-15-7-9-17(23)10-8-15)22-19(21-14)16-5-3-2-4-6-16/h2-10,13,23H,11-12H2,1H3,(H,20,21,22). The van der Waals surface area contributed by atoms with Crippen LogP contribution in [0, 0.1) is 6.92 Å². The van der Waals surface area contributed by atoms with E-state index in [0.717, 1.165) is 35.9 Å². The molecule has 2 N–H and O–H groups in total. The first kappa shape index (κ1) is 15.0. The number of phenols is 1. The van der Waals surface area contributed by atoms with Crippen LogP contribution in [0.25, 0.3) is 11.4 Å². The van der Waals surface area contributed by atoms with Crippen molar-refractivity contribution in [3.8, 4) is 17.1 Å². The number of anilines is 1. The van der Waals surface area contributed by atoms with Gasteiger partial charge in [0.05, 0.1) is 0 Å². The van der Waals surface area contributed by atoms with Gasteiger partial charge in [0.2, 0.25) is 0 Å². The van der Waals surface area contributed by atoms with E-state index in [1.165, 1.54) is 5.56 Å². The van der Waals surface area contributed by atoms with Gasteiger partial charge in [0.1, 0.15) is 11.6 Å². The lowest BCUT2D eigenvalue weighted by Gasteiger charge is -2.09. The van der Waals surface area contributed by atoms with Crippen LogP contribution in [0.1, 0.15) is 11.3 Å². The normalized spacial score (nSPS) is 10.5. The molecule has 0 fully saturated rings. The molecular weight excluding hydrogens is 286 g/mol. The zero-order valence-corrected chi connectivity index (χ0v) is 13.0. The molecule has 1 heterocycles. The van der Waals surface area contributed by atoms with Crippen LogP contribution in [0.4, 0.5) is 5.82 Å². The summed E-state index contributed by atoms with van der Waals surface area (Å²) in [6.45, 7) is 2.74. The third-order valence-electron chi connectivity index (χ3n) is 3.54. The third-order valence-corrected chi connectivity index (χ3v) is 3.54. The second-order valence-corrected chi connectivity index (χ2v) is 5.43. The zero-order chi connectivity index (χ0) is 16.1. The Bertz CT molecular complexity index is 770. The molecule has 0 aliphatic carbocycles. The van der Waals surface area contributed by atoms with Crippen LogP contribution < -0.4 is 5.32 Å². The monoisotopic (exact) mass is 305 g/mol. The fourth-order valence-electron chi connectivity index (χ4n) is 2.37. The molecule has 0 aliphatic rings. The van der Waals surface area contributed by atoms with Gasteiger partial charge in [0, 0.05) is 23.9 Å². The fourth-order valence-corrected chi connectivity index (χ4v) is 2.37. The highest BCUT2D eigenvalue weighted by molar-refractivity contribution is 5.57. The Hall–Kier alpha value is -2.88. The number of aromatic hydroxyl groups is 1. The number of rotatable bonds is 5. The number of aromatic nitrogens is 2. The van der Waals surface area contributed by atoms with Crippen molar-refractivity contribution in [2.24, 2.45) is 0 Å². The second kappa shape index (κ2) is 6.92. The molecule has 3 aromatic rings. The molecule has 0 unspecified atom stereocenters. The quantitative estimate of drug-likeness (QED) is 0.752. The molecule has 0 spiro atoms. The summed E-state index contributed by atoms with van der Waals surface area (Å²) in [5, 5.41) is 12.6. The van der Waals surface area contributed by atoms with E-state index >= 15 is 0 Å². The van der Waals surface area contributed by atoms with Crippen molar-refractivity contribution in [3.63, 3.8) is 0 Å². The van der Waals surface area contributed by atoms with Gasteiger partial charge in [-0.05, 0) is 31.0 Å². The number of aryl methyl sites for hydroxylation is 1. The third kappa shape index (κ3) is 4.07. The maximum atomic E-state index is 9.30. The van der Waals surface area contributed by atoms with E-state index in [-0.39, 0.29) is 0 Å².